The maximum Gasteiger partial charge on any atom is 0.270 e. The number of non-ortho nitro benzene ring substituents is 1. The van der Waals surface area contributed by atoms with Gasteiger partial charge >= 0.3 is 0 Å². The Kier molecular flexibility index (Phi) is 5.87. The Bertz CT molecular complexity index is 714. The topological polar surface area (TPSA) is 72.2 Å². The zero-order valence-corrected chi connectivity index (χ0v) is 14.3. The molecule has 0 bridgehead atoms. The van der Waals surface area contributed by atoms with Crippen LogP contribution in [0.3, 0.4) is 0 Å². The van der Waals surface area contributed by atoms with Crippen LogP contribution < -0.4 is 5.32 Å². The summed E-state index contributed by atoms with van der Waals surface area (Å²) in [4.78, 5) is 22.6. The van der Waals surface area contributed by atoms with Gasteiger partial charge < -0.3 is 5.32 Å². The lowest BCUT2D eigenvalue weighted by molar-refractivity contribution is -0.384. The minimum Gasteiger partial charge on any atom is -0.322 e. The van der Waals surface area contributed by atoms with E-state index in [0.717, 1.165) is 19.3 Å². The van der Waals surface area contributed by atoms with Crippen LogP contribution in [0.15, 0.2) is 46.9 Å². The van der Waals surface area contributed by atoms with Gasteiger partial charge in [-0.2, -0.15) is 0 Å². The summed E-state index contributed by atoms with van der Waals surface area (Å²) in [5.74, 6) is -0.387. The van der Waals surface area contributed by atoms with Crippen molar-refractivity contribution in [1.82, 2.24) is 0 Å². The molecule has 0 aliphatic carbocycles. The number of benzene rings is 2. The second-order valence-corrected chi connectivity index (χ2v) is 6.03. The molecule has 0 fully saturated rings. The van der Waals surface area contributed by atoms with Crippen LogP contribution in [-0.4, -0.2) is 10.8 Å². The zero-order chi connectivity index (χ0) is 16.8. The lowest BCUT2D eigenvalue weighted by atomic mass is 10.1. The van der Waals surface area contributed by atoms with E-state index < -0.39 is 4.92 Å². The van der Waals surface area contributed by atoms with E-state index in [4.69, 9.17) is 0 Å². The second-order valence-electron chi connectivity index (χ2n) is 5.18. The summed E-state index contributed by atoms with van der Waals surface area (Å²) in [6.07, 6.45) is 3.28. The van der Waals surface area contributed by atoms with Gasteiger partial charge in [0.05, 0.1) is 10.5 Å². The van der Waals surface area contributed by atoms with Crippen molar-refractivity contribution < 1.29 is 9.72 Å². The Morgan fingerprint density at radius 1 is 1.22 bits per heavy atom. The number of amides is 1. The lowest BCUT2D eigenvalue weighted by Gasteiger charge is -2.08. The van der Waals surface area contributed by atoms with Crippen molar-refractivity contribution in [3.05, 3.63) is 68.2 Å². The van der Waals surface area contributed by atoms with Crippen molar-refractivity contribution >= 4 is 33.2 Å². The molecule has 0 spiro atoms. The highest BCUT2D eigenvalue weighted by molar-refractivity contribution is 9.10. The van der Waals surface area contributed by atoms with Crippen molar-refractivity contribution in [3.8, 4) is 0 Å². The van der Waals surface area contributed by atoms with E-state index in [1.807, 2.05) is 24.3 Å². The normalized spacial score (nSPS) is 10.3. The molecule has 1 N–H and O–H groups in total. The predicted molar refractivity (Wildman–Crippen MR) is 93.8 cm³/mol. The summed E-state index contributed by atoms with van der Waals surface area (Å²) in [5.41, 5.74) is 2.00. The van der Waals surface area contributed by atoms with Crippen molar-refractivity contribution in [1.29, 1.82) is 0 Å². The monoisotopic (exact) mass is 376 g/mol. The quantitative estimate of drug-likeness (QED) is 0.572. The van der Waals surface area contributed by atoms with Crippen molar-refractivity contribution in [2.75, 3.05) is 5.32 Å². The van der Waals surface area contributed by atoms with Gasteiger partial charge in [0.2, 0.25) is 0 Å². The minimum absolute atomic E-state index is 0.117. The number of hydrogen-bond acceptors (Lipinski definition) is 3. The maximum atomic E-state index is 12.3. The van der Waals surface area contributed by atoms with Crippen LogP contribution in [0.4, 0.5) is 11.4 Å². The maximum absolute atomic E-state index is 12.3. The molecule has 2 aromatic carbocycles. The van der Waals surface area contributed by atoms with E-state index in [2.05, 4.69) is 28.2 Å². The molecule has 1 amide bonds. The van der Waals surface area contributed by atoms with Crippen molar-refractivity contribution in [3.63, 3.8) is 0 Å². The molecular weight excluding hydrogens is 360 g/mol. The molecule has 0 aliphatic heterocycles. The van der Waals surface area contributed by atoms with Gasteiger partial charge in [-0.15, -0.1) is 0 Å². The summed E-state index contributed by atoms with van der Waals surface area (Å²) >= 11 is 3.25. The Hall–Kier alpha value is -2.21. The first-order valence-electron chi connectivity index (χ1n) is 7.35. The molecule has 0 aromatic heterocycles. The number of rotatable bonds is 6. The molecule has 0 heterocycles. The van der Waals surface area contributed by atoms with E-state index in [1.165, 1.54) is 23.8 Å². The number of carbonyl (C=O) groups is 1. The molecular formula is C17H17BrN2O3. The first kappa shape index (κ1) is 17.1. The number of carbonyl (C=O) groups excluding carboxylic acids is 1. The number of unbranched alkanes of at least 4 members (excludes halogenated alkanes) is 1. The fourth-order valence-electron chi connectivity index (χ4n) is 2.13. The van der Waals surface area contributed by atoms with E-state index in [1.54, 1.807) is 0 Å². The second kappa shape index (κ2) is 7.87. The highest BCUT2D eigenvalue weighted by atomic mass is 79.9. The number of nitro benzene ring substituents is 1. The molecule has 2 aromatic rings. The Morgan fingerprint density at radius 2 is 1.91 bits per heavy atom. The fourth-order valence-corrected chi connectivity index (χ4v) is 2.56. The van der Waals surface area contributed by atoms with E-state index >= 15 is 0 Å². The Labute approximate surface area is 143 Å². The molecule has 6 heteroatoms. The summed E-state index contributed by atoms with van der Waals surface area (Å²) in [6, 6.07) is 11.8. The van der Waals surface area contributed by atoms with Gasteiger partial charge in [0.1, 0.15) is 0 Å². The molecule has 0 atom stereocenters. The third-order valence-electron chi connectivity index (χ3n) is 3.44. The number of anilines is 1. The van der Waals surface area contributed by atoms with Crippen LogP contribution in [0.2, 0.25) is 0 Å². The van der Waals surface area contributed by atoms with Crippen molar-refractivity contribution in [2.45, 2.75) is 26.2 Å². The number of hydrogen-bond donors (Lipinski definition) is 1. The van der Waals surface area contributed by atoms with Crippen LogP contribution in [0.5, 0.6) is 0 Å². The van der Waals surface area contributed by atoms with Gasteiger partial charge in [-0.3, -0.25) is 14.9 Å². The average Bonchev–Trinajstić information content (AvgIpc) is 2.54. The fraction of sp³-hybridized carbons (Fsp3) is 0.235. The smallest absolute Gasteiger partial charge is 0.270 e. The van der Waals surface area contributed by atoms with Crippen LogP contribution in [0.1, 0.15) is 35.7 Å². The third kappa shape index (κ3) is 4.63. The summed E-state index contributed by atoms with van der Waals surface area (Å²) in [7, 11) is 0. The van der Waals surface area contributed by atoms with Crippen LogP contribution >= 0.6 is 15.9 Å². The SMILES string of the molecule is CCCCc1ccc(NC(=O)c2cc([N+](=O)[O-])ccc2Br)cc1. The number of nitrogens with zero attached hydrogens (tertiary/aromatic N) is 1. The summed E-state index contributed by atoms with van der Waals surface area (Å²) in [5, 5.41) is 13.6. The van der Waals surface area contributed by atoms with Gasteiger partial charge in [-0.25, -0.2) is 0 Å². The minimum atomic E-state index is -0.522. The molecule has 2 rings (SSSR count). The highest BCUT2D eigenvalue weighted by Crippen LogP contribution is 2.23. The number of nitrogens with one attached hydrogen (secondary N) is 1. The van der Waals surface area contributed by atoms with Gasteiger partial charge in [0.25, 0.3) is 11.6 Å². The first-order chi connectivity index (χ1) is 11.0. The largest absolute Gasteiger partial charge is 0.322 e. The first-order valence-corrected chi connectivity index (χ1v) is 8.14. The van der Waals surface area contributed by atoms with Crippen molar-refractivity contribution in [2.24, 2.45) is 0 Å². The predicted octanol–water partition coefficient (Wildman–Crippen LogP) is 4.95. The van der Waals surface area contributed by atoms with E-state index in [9.17, 15) is 14.9 Å². The zero-order valence-electron chi connectivity index (χ0n) is 12.7. The summed E-state index contributed by atoms with van der Waals surface area (Å²) in [6.45, 7) is 2.14. The average molecular weight is 377 g/mol. The molecule has 0 saturated carbocycles. The van der Waals surface area contributed by atoms with Gasteiger partial charge in [0.15, 0.2) is 0 Å². The molecule has 5 nitrogen and oxygen atoms in total. The van der Waals surface area contributed by atoms with Gasteiger partial charge in [-0.1, -0.05) is 25.5 Å². The van der Waals surface area contributed by atoms with Crippen LogP contribution in [-0.2, 0) is 6.42 Å². The molecule has 0 radical (unpaired) electrons. The van der Waals surface area contributed by atoms with E-state index in [0.29, 0.717) is 10.2 Å². The van der Waals surface area contributed by atoms with Crippen LogP contribution in [0.25, 0.3) is 0 Å². The molecule has 0 aliphatic rings. The molecule has 23 heavy (non-hydrogen) atoms. The molecule has 120 valence electrons. The van der Waals surface area contributed by atoms with Crippen LogP contribution in [0, 0.1) is 10.1 Å². The Balaban J connectivity index is 2.12. The van der Waals surface area contributed by atoms with E-state index in [-0.39, 0.29) is 17.2 Å². The van der Waals surface area contributed by atoms with Gasteiger partial charge in [-0.05, 0) is 52.5 Å². The highest BCUT2D eigenvalue weighted by Gasteiger charge is 2.15. The lowest BCUT2D eigenvalue weighted by Crippen LogP contribution is -2.13. The summed E-state index contributed by atoms with van der Waals surface area (Å²) < 4.78 is 0.514. The van der Waals surface area contributed by atoms with Gasteiger partial charge in [0, 0.05) is 22.3 Å². The Morgan fingerprint density at radius 3 is 2.52 bits per heavy atom. The molecule has 0 unspecified atom stereocenters. The molecule has 0 saturated heterocycles. The third-order valence-corrected chi connectivity index (χ3v) is 4.13. The number of nitro groups is 1. The standard InChI is InChI=1S/C17H17BrN2O3/c1-2-3-4-12-5-7-13(8-6-12)19-17(21)15-11-14(20(22)23)9-10-16(15)18/h5-11H,2-4H2,1H3,(H,19,21). The number of aryl methyl sites for hydroxylation is 1. The number of halogens is 1.